The van der Waals surface area contributed by atoms with Gasteiger partial charge < -0.3 is 0 Å². The first-order valence-corrected chi connectivity index (χ1v) is 23.1. The van der Waals surface area contributed by atoms with Crippen molar-refractivity contribution < 1.29 is 24.3 Å². The summed E-state index contributed by atoms with van der Waals surface area (Å²) in [5.41, 5.74) is 3.89. The molecular formula is C19H26Cl2O3Si2Ti. The van der Waals surface area contributed by atoms with Gasteiger partial charge in [-0.05, 0) is 0 Å². The third-order valence-corrected chi connectivity index (χ3v) is 34.9. The van der Waals surface area contributed by atoms with Crippen LogP contribution in [0.2, 0.25) is 26.2 Å². The summed E-state index contributed by atoms with van der Waals surface area (Å²) in [5, 5.41) is 0. The third-order valence-electron chi connectivity index (χ3n) is 5.03. The molecule has 0 saturated heterocycles. The van der Waals surface area contributed by atoms with E-state index < -0.39 is 31.4 Å². The molecule has 0 aromatic heterocycles. The second kappa shape index (κ2) is 6.99. The number of fused-ring (bicyclic) bond motifs is 3. The Bertz CT molecular complexity index is 893. The zero-order valence-corrected chi connectivity index (χ0v) is 21.5. The number of halogens is 2. The normalized spacial score (nSPS) is 17.3. The van der Waals surface area contributed by atoms with Gasteiger partial charge in [0.05, 0.1) is 0 Å². The van der Waals surface area contributed by atoms with Crippen LogP contribution in [0.25, 0.3) is 11.1 Å². The third kappa shape index (κ3) is 3.62. The van der Waals surface area contributed by atoms with E-state index in [0.29, 0.717) is 6.61 Å². The van der Waals surface area contributed by atoms with E-state index in [2.05, 4.69) is 0 Å². The minimum absolute atomic E-state index is 0.365. The van der Waals surface area contributed by atoms with Crippen LogP contribution in [0.1, 0.15) is 22.3 Å². The van der Waals surface area contributed by atoms with Crippen LogP contribution in [0.15, 0.2) is 48.5 Å². The van der Waals surface area contributed by atoms with E-state index in [1.54, 1.807) is 6.55 Å². The molecule has 2 aromatic carbocycles. The summed E-state index contributed by atoms with van der Waals surface area (Å²) in [5.74, 6) is 0. The fourth-order valence-corrected chi connectivity index (χ4v) is 31.9. The van der Waals surface area contributed by atoms with E-state index >= 15 is 0 Å². The van der Waals surface area contributed by atoms with Gasteiger partial charge in [-0.25, -0.2) is 0 Å². The zero-order chi connectivity index (χ0) is 20.1. The van der Waals surface area contributed by atoms with Crippen LogP contribution < -0.4 is 0 Å². The number of hydrogen-bond donors (Lipinski definition) is 0. The Morgan fingerprint density at radius 1 is 0.926 bits per heavy atom. The minimum atomic E-state index is -5.61. The summed E-state index contributed by atoms with van der Waals surface area (Å²) < 4.78 is 26.6. The van der Waals surface area contributed by atoms with E-state index in [4.69, 9.17) is 27.2 Å². The van der Waals surface area contributed by atoms with Gasteiger partial charge in [0, 0.05) is 0 Å². The molecular weight excluding hydrogens is 451 g/mol. The molecule has 3 nitrogen and oxygen atoms in total. The summed E-state index contributed by atoms with van der Waals surface area (Å²) >= 11 is -5.61. The Labute approximate surface area is 171 Å². The number of hydrogen-bond acceptors (Lipinski definition) is 3. The summed E-state index contributed by atoms with van der Waals surface area (Å²) in [6, 6.07) is 15.8. The fraction of sp³-hybridized carbons (Fsp3) is 0.368. The topological polar surface area (TPSA) is 35.5 Å². The Morgan fingerprint density at radius 3 is 1.78 bits per heavy atom. The molecule has 0 aliphatic heterocycles. The predicted molar refractivity (Wildman–Crippen MR) is 114 cm³/mol. The molecule has 0 bridgehead atoms. The van der Waals surface area contributed by atoms with E-state index in [-0.39, 0.29) is 0 Å². The molecule has 0 radical (unpaired) electrons. The van der Waals surface area contributed by atoms with Gasteiger partial charge in [0.25, 0.3) is 0 Å². The van der Waals surface area contributed by atoms with Gasteiger partial charge in [0.1, 0.15) is 0 Å². The molecule has 1 atom stereocenters. The molecule has 3 rings (SSSR count). The van der Waals surface area contributed by atoms with Crippen LogP contribution in [-0.2, 0) is 24.3 Å². The Balaban J connectivity index is 2.27. The maximum absolute atomic E-state index is 14.7. The molecule has 0 spiro atoms. The van der Waals surface area contributed by atoms with Crippen molar-refractivity contribution in [1.29, 1.82) is 0 Å². The van der Waals surface area contributed by atoms with Crippen LogP contribution >= 0.6 is 18.6 Å². The molecule has 0 fully saturated rings. The molecule has 1 aliphatic carbocycles. The molecule has 8 heteroatoms. The molecule has 0 amide bonds. The standard InChI is InChI=1S/C13H9.C6H17O2Si2.2ClH.O.Ti/c1-3-7-12-10(5-1)9-11-6-2-4-8-13(11)12;1-6-7-9(2)8-10(3,4)5;;;;/h1-9H;6H2,1-5H3;2*1H;;/q;;;;;+2/p-2. The van der Waals surface area contributed by atoms with Crippen molar-refractivity contribution in [2.45, 2.75) is 37.3 Å². The number of rotatable bonds is 6. The van der Waals surface area contributed by atoms with Crippen LogP contribution in [0, 0.1) is 0 Å². The second-order valence-electron chi connectivity index (χ2n) is 8.20. The van der Waals surface area contributed by atoms with Crippen molar-refractivity contribution in [3.8, 4) is 11.1 Å². The molecule has 0 heterocycles. The van der Waals surface area contributed by atoms with Gasteiger partial charge in [-0.15, -0.1) is 0 Å². The van der Waals surface area contributed by atoms with Crippen LogP contribution in [0.4, 0.5) is 0 Å². The van der Waals surface area contributed by atoms with Gasteiger partial charge >= 0.3 is 172 Å². The summed E-state index contributed by atoms with van der Waals surface area (Å²) in [6.07, 6.45) is -3.41. The van der Waals surface area contributed by atoms with Gasteiger partial charge in [0.15, 0.2) is 0 Å². The second-order valence-corrected chi connectivity index (χ2v) is 37.4. The summed E-state index contributed by atoms with van der Waals surface area (Å²) in [4.78, 5) is 0. The van der Waals surface area contributed by atoms with Crippen molar-refractivity contribution >= 4 is 33.4 Å². The van der Waals surface area contributed by atoms with Crippen LogP contribution in [-0.4, -0.2) is 21.4 Å². The molecule has 146 valence electrons. The molecule has 1 aliphatic rings. The Kier molecular flexibility index (Phi) is 5.59. The first-order chi connectivity index (χ1) is 12.4. The first-order valence-electron chi connectivity index (χ1n) is 9.21. The SMILES string of the molecule is CCO[Si](C)(O[Si](C)(C)C)[Ti](=[O])([Cl])([Cl])[CH]1c2ccccc2-c2ccccc21. The number of benzene rings is 2. The summed E-state index contributed by atoms with van der Waals surface area (Å²) in [7, 11) is 12.1. The van der Waals surface area contributed by atoms with Gasteiger partial charge in [0.2, 0.25) is 0 Å². The van der Waals surface area contributed by atoms with Crippen LogP contribution in [0.5, 0.6) is 0 Å². The molecule has 1 unspecified atom stereocenters. The van der Waals surface area contributed by atoms with Crippen molar-refractivity contribution in [2.24, 2.45) is 0 Å². The zero-order valence-electron chi connectivity index (χ0n) is 16.4. The monoisotopic (exact) mass is 476 g/mol. The van der Waals surface area contributed by atoms with E-state index in [0.717, 1.165) is 22.3 Å². The van der Waals surface area contributed by atoms with Crippen molar-refractivity contribution in [3.05, 3.63) is 59.7 Å². The molecule has 2 aromatic rings. The van der Waals surface area contributed by atoms with E-state index in [9.17, 15) is 3.32 Å². The Hall–Kier alpha value is -0.112. The first kappa shape index (κ1) is 21.6. The van der Waals surface area contributed by atoms with Gasteiger partial charge in [-0.2, -0.15) is 0 Å². The van der Waals surface area contributed by atoms with E-state index in [1.807, 2.05) is 75.1 Å². The molecule has 27 heavy (non-hydrogen) atoms. The molecule has 0 N–H and O–H groups in total. The Morgan fingerprint density at radius 2 is 1.37 bits per heavy atom. The summed E-state index contributed by atoms with van der Waals surface area (Å²) in [6.45, 7) is 10.2. The van der Waals surface area contributed by atoms with Crippen molar-refractivity contribution in [2.75, 3.05) is 6.61 Å². The fourth-order valence-electron chi connectivity index (χ4n) is 4.04. The van der Waals surface area contributed by atoms with E-state index in [1.165, 1.54) is 0 Å². The average molecular weight is 477 g/mol. The maximum atomic E-state index is 14.7. The van der Waals surface area contributed by atoms with Crippen molar-refractivity contribution in [3.63, 3.8) is 0 Å². The van der Waals surface area contributed by atoms with Crippen molar-refractivity contribution in [1.82, 2.24) is 0 Å². The van der Waals surface area contributed by atoms with Gasteiger partial charge in [-0.1, -0.05) is 0 Å². The molecule has 0 saturated carbocycles. The van der Waals surface area contributed by atoms with Gasteiger partial charge in [-0.3, -0.25) is 0 Å². The quantitative estimate of drug-likeness (QED) is 0.443. The van der Waals surface area contributed by atoms with Crippen LogP contribution in [0.3, 0.4) is 0 Å². The predicted octanol–water partition coefficient (Wildman–Crippen LogP) is 6.56. The average Bonchev–Trinajstić information content (AvgIpc) is 2.88.